The minimum atomic E-state index is -0.278. The van der Waals surface area contributed by atoms with Crippen molar-refractivity contribution >= 4 is 17.1 Å². The lowest BCUT2D eigenvalue weighted by molar-refractivity contribution is 0.263. The number of rotatable bonds is 4. The number of benzene rings is 1. The van der Waals surface area contributed by atoms with Crippen molar-refractivity contribution in [1.29, 1.82) is 0 Å². The second-order valence-electron chi connectivity index (χ2n) is 6.74. The van der Waals surface area contributed by atoms with Gasteiger partial charge in [-0.05, 0) is 50.7 Å². The number of fused-ring (bicyclic) bond motifs is 1. The molecule has 1 aliphatic rings. The van der Waals surface area contributed by atoms with Gasteiger partial charge in [0.25, 0.3) is 0 Å². The van der Waals surface area contributed by atoms with E-state index in [1.165, 1.54) is 18.5 Å². The van der Waals surface area contributed by atoms with Gasteiger partial charge >= 0.3 is 0 Å². The Morgan fingerprint density at radius 2 is 1.92 bits per heavy atom. The van der Waals surface area contributed by atoms with E-state index in [-0.39, 0.29) is 11.7 Å². The summed E-state index contributed by atoms with van der Waals surface area (Å²) in [4.78, 5) is 14.9. The Bertz CT molecular complexity index is 902. The smallest absolute Gasteiger partial charge is 0.241 e. The molecule has 1 fully saturated rings. The molecule has 136 valence electrons. The number of imidazole rings is 1. The van der Waals surface area contributed by atoms with Crippen LogP contribution in [-0.2, 0) is 6.54 Å². The number of aromatic hydroxyl groups is 1. The number of aromatic nitrogens is 4. The van der Waals surface area contributed by atoms with Gasteiger partial charge in [0.05, 0.1) is 6.54 Å². The van der Waals surface area contributed by atoms with Gasteiger partial charge in [0.2, 0.25) is 11.8 Å². The summed E-state index contributed by atoms with van der Waals surface area (Å²) in [5.74, 6) is 0.260. The van der Waals surface area contributed by atoms with Crippen LogP contribution in [0.4, 0.5) is 10.3 Å². The Hall–Kier alpha value is -2.74. The molecule has 0 aliphatic carbocycles. The van der Waals surface area contributed by atoms with Gasteiger partial charge in [0.15, 0.2) is 11.2 Å². The van der Waals surface area contributed by atoms with E-state index in [1.54, 1.807) is 12.1 Å². The van der Waals surface area contributed by atoms with Crippen LogP contribution in [0.25, 0.3) is 11.2 Å². The van der Waals surface area contributed by atoms with E-state index < -0.39 is 0 Å². The highest BCUT2D eigenvalue weighted by molar-refractivity contribution is 5.79. The van der Waals surface area contributed by atoms with Gasteiger partial charge in [0, 0.05) is 6.04 Å². The Labute approximate surface area is 150 Å². The van der Waals surface area contributed by atoms with E-state index in [1.807, 2.05) is 4.57 Å². The van der Waals surface area contributed by atoms with Crippen molar-refractivity contribution in [3.8, 4) is 5.88 Å². The molecule has 4 rings (SSSR count). The highest BCUT2D eigenvalue weighted by Crippen LogP contribution is 2.27. The number of anilines is 1. The molecule has 1 aromatic carbocycles. The molecule has 0 spiro atoms. The van der Waals surface area contributed by atoms with E-state index in [0.29, 0.717) is 29.7 Å². The number of hydrogen-bond acceptors (Lipinski definition) is 6. The minimum absolute atomic E-state index is 0.110. The maximum absolute atomic E-state index is 13.2. The fraction of sp³-hybridized carbons (Fsp3) is 0.389. The number of likely N-dealkylation sites (tertiary alicyclic amines) is 1. The van der Waals surface area contributed by atoms with Crippen LogP contribution in [-0.4, -0.2) is 55.7 Å². The molecule has 3 heterocycles. The van der Waals surface area contributed by atoms with Crippen molar-refractivity contribution in [1.82, 2.24) is 24.4 Å². The van der Waals surface area contributed by atoms with Crippen LogP contribution in [0.5, 0.6) is 5.88 Å². The van der Waals surface area contributed by atoms with Gasteiger partial charge in [-0.3, -0.25) is 4.57 Å². The Morgan fingerprint density at radius 3 is 2.65 bits per heavy atom. The highest BCUT2D eigenvalue weighted by Gasteiger charge is 2.21. The average Bonchev–Trinajstić information content (AvgIpc) is 2.97. The molecule has 7 nitrogen and oxygen atoms in total. The summed E-state index contributed by atoms with van der Waals surface area (Å²) in [7, 11) is 2.12. The summed E-state index contributed by atoms with van der Waals surface area (Å²) in [6.07, 6.45) is 3.34. The first-order valence-electron chi connectivity index (χ1n) is 8.70. The molecule has 0 saturated carbocycles. The highest BCUT2D eigenvalue weighted by atomic mass is 19.1. The Kier molecular flexibility index (Phi) is 4.42. The van der Waals surface area contributed by atoms with Crippen LogP contribution >= 0.6 is 0 Å². The zero-order chi connectivity index (χ0) is 18.1. The second-order valence-corrected chi connectivity index (χ2v) is 6.74. The average molecular weight is 356 g/mol. The summed E-state index contributed by atoms with van der Waals surface area (Å²) >= 11 is 0. The largest absolute Gasteiger partial charge is 0.492 e. The topological polar surface area (TPSA) is 79.1 Å². The molecule has 2 N–H and O–H groups in total. The molecular formula is C18H21FN6O. The van der Waals surface area contributed by atoms with Crippen molar-refractivity contribution in [3.05, 3.63) is 42.0 Å². The predicted octanol–water partition coefficient (Wildman–Crippen LogP) is 2.23. The molecule has 0 radical (unpaired) electrons. The van der Waals surface area contributed by atoms with Crippen LogP contribution in [0.2, 0.25) is 0 Å². The third-order valence-electron chi connectivity index (χ3n) is 4.83. The fourth-order valence-corrected chi connectivity index (χ4v) is 3.32. The third-order valence-corrected chi connectivity index (χ3v) is 4.83. The zero-order valence-electron chi connectivity index (χ0n) is 14.6. The van der Waals surface area contributed by atoms with Gasteiger partial charge in [-0.2, -0.15) is 9.97 Å². The van der Waals surface area contributed by atoms with Gasteiger partial charge in [0.1, 0.15) is 12.1 Å². The number of nitrogens with one attached hydrogen (secondary N) is 1. The quantitative estimate of drug-likeness (QED) is 0.746. The molecule has 0 unspecified atom stereocenters. The van der Waals surface area contributed by atoms with Crippen LogP contribution in [0.1, 0.15) is 18.4 Å². The second kappa shape index (κ2) is 6.87. The molecule has 0 atom stereocenters. The minimum Gasteiger partial charge on any atom is -0.492 e. The first-order chi connectivity index (χ1) is 12.6. The standard InChI is InChI=1S/C18H21FN6O/c1-24-8-6-14(7-9-24)22-18-23-16-15(17(26)21-11-20-16)25(18)10-12-2-4-13(19)5-3-12/h2-5,11,14H,6-10H2,1H3,(H2,20,21,22,23,26). The summed E-state index contributed by atoms with van der Waals surface area (Å²) in [5.41, 5.74) is 1.82. The predicted molar refractivity (Wildman–Crippen MR) is 96.6 cm³/mol. The molecule has 26 heavy (non-hydrogen) atoms. The summed E-state index contributed by atoms with van der Waals surface area (Å²) in [5, 5.41) is 13.7. The number of piperidine rings is 1. The fourth-order valence-electron chi connectivity index (χ4n) is 3.32. The maximum atomic E-state index is 13.2. The SMILES string of the molecule is CN1CCC(Nc2nc3ncnc(O)c3n2Cc2ccc(F)cc2)CC1. The summed E-state index contributed by atoms with van der Waals surface area (Å²) in [6.45, 7) is 2.49. The first-order valence-corrected chi connectivity index (χ1v) is 8.70. The lowest BCUT2D eigenvalue weighted by atomic mass is 10.1. The molecular weight excluding hydrogens is 335 g/mol. The molecule has 1 aliphatic heterocycles. The molecule has 1 saturated heterocycles. The Balaban J connectivity index is 1.69. The van der Waals surface area contributed by atoms with Crippen molar-refractivity contribution in [2.75, 3.05) is 25.5 Å². The van der Waals surface area contributed by atoms with Crippen molar-refractivity contribution in [2.24, 2.45) is 0 Å². The zero-order valence-corrected chi connectivity index (χ0v) is 14.6. The number of hydrogen-bond donors (Lipinski definition) is 2. The summed E-state index contributed by atoms with van der Waals surface area (Å²) < 4.78 is 15.1. The molecule has 0 amide bonds. The van der Waals surface area contributed by atoms with Gasteiger partial charge in [-0.25, -0.2) is 9.37 Å². The molecule has 3 aromatic rings. The van der Waals surface area contributed by atoms with E-state index in [4.69, 9.17) is 0 Å². The normalized spacial score (nSPS) is 16.2. The molecule has 2 aromatic heterocycles. The number of halogens is 1. The van der Waals surface area contributed by atoms with Crippen LogP contribution in [0, 0.1) is 5.82 Å². The monoisotopic (exact) mass is 356 g/mol. The van der Waals surface area contributed by atoms with Gasteiger partial charge in [-0.15, -0.1) is 0 Å². The van der Waals surface area contributed by atoms with Crippen molar-refractivity contribution < 1.29 is 9.50 Å². The van der Waals surface area contributed by atoms with Crippen molar-refractivity contribution in [2.45, 2.75) is 25.4 Å². The lowest BCUT2D eigenvalue weighted by Gasteiger charge is -2.29. The lowest BCUT2D eigenvalue weighted by Crippen LogP contribution is -2.37. The van der Waals surface area contributed by atoms with E-state index in [0.717, 1.165) is 31.5 Å². The van der Waals surface area contributed by atoms with Crippen molar-refractivity contribution in [3.63, 3.8) is 0 Å². The first kappa shape index (κ1) is 16.7. The third kappa shape index (κ3) is 3.32. The maximum Gasteiger partial charge on any atom is 0.241 e. The van der Waals surface area contributed by atoms with Crippen LogP contribution < -0.4 is 5.32 Å². The van der Waals surface area contributed by atoms with Crippen LogP contribution in [0.15, 0.2) is 30.6 Å². The van der Waals surface area contributed by atoms with E-state index in [2.05, 4.69) is 32.2 Å². The number of nitrogens with zero attached hydrogens (tertiary/aromatic N) is 5. The van der Waals surface area contributed by atoms with E-state index >= 15 is 0 Å². The molecule has 8 heteroatoms. The Morgan fingerprint density at radius 1 is 1.19 bits per heavy atom. The van der Waals surface area contributed by atoms with Gasteiger partial charge in [-0.1, -0.05) is 12.1 Å². The molecule has 0 bridgehead atoms. The van der Waals surface area contributed by atoms with E-state index in [9.17, 15) is 9.50 Å². The summed E-state index contributed by atoms with van der Waals surface area (Å²) in [6, 6.07) is 6.61. The van der Waals surface area contributed by atoms with Crippen LogP contribution in [0.3, 0.4) is 0 Å². The van der Waals surface area contributed by atoms with Gasteiger partial charge < -0.3 is 15.3 Å².